The van der Waals surface area contributed by atoms with Gasteiger partial charge in [0.15, 0.2) is 0 Å². The van der Waals surface area contributed by atoms with Crippen molar-refractivity contribution in [3.8, 4) is 0 Å². The van der Waals surface area contributed by atoms with Crippen molar-refractivity contribution in [2.24, 2.45) is 0 Å². The van der Waals surface area contributed by atoms with Gasteiger partial charge in [-0.05, 0) is 62.7 Å². The standard InChI is InChI=1S/C28H29ClN4O2/c1-19(2)33(23-9-5-4-6-10-23)27(35)18-32-25-12-8-7-11-24(25)31-28(32)20(3)30-26(34)17-21-13-15-22(29)16-14-21/h4-16,19-20H,17-18H2,1-3H3,(H,30,34). The fraction of sp³-hybridized carbons (Fsp3) is 0.250. The molecule has 35 heavy (non-hydrogen) atoms. The maximum atomic E-state index is 13.5. The molecule has 7 heteroatoms. The van der Waals surface area contributed by atoms with E-state index in [1.54, 1.807) is 17.0 Å². The maximum Gasteiger partial charge on any atom is 0.247 e. The summed E-state index contributed by atoms with van der Waals surface area (Å²) in [7, 11) is 0. The van der Waals surface area contributed by atoms with E-state index in [0.717, 1.165) is 22.3 Å². The largest absolute Gasteiger partial charge is 0.346 e. The summed E-state index contributed by atoms with van der Waals surface area (Å²) in [5, 5.41) is 3.67. The van der Waals surface area contributed by atoms with E-state index in [1.807, 2.05) is 92.1 Å². The smallest absolute Gasteiger partial charge is 0.247 e. The van der Waals surface area contributed by atoms with Crippen LogP contribution in [0.15, 0.2) is 78.9 Å². The van der Waals surface area contributed by atoms with Crippen molar-refractivity contribution in [1.82, 2.24) is 14.9 Å². The van der Waals surface area contributed by atoms with E-state index in [2.05, 4.69) is 5.32 Å². The molecule has 180 valence electrons. The fourth-order valence-corrected chi connectivity index (χ4v) is 4.39. The number of anilines is 1. The molecule has 0 aliphatic heterocycles. The third kappa shape index (κ3) is 5.72. The Bertz CT molecular complexity index is 1320. The van der Waals surface area contributed by atoms with Gasteiger partial charge in [-0.25, -0.2) is 4.98 Å². The number of amides is 2. The topological polar surface area (TPSA) is 67.2 Å². The van der Waals surface area contributed by atoms with Crippen LogP contribution in [0.3, 0.4) is 0 Å². The maximum absolute atomic E-state index is 13.5. The first-order valence-electron chi connectivity index (χ1n) is 11.7. The SMILES string of the molecule is CC(NC(=O)Cc1ccc(Cl)cc1)c1nc2ccccc2n1CC(=O)N(c1ccccc1)C(C)C. The highest BCUT2D eigenvalue weighted by atomic mass is 35.5. The van der Waals surface area contributed by atoms with Gasteiger partial charge in [0.2, 0.25) is 11.8 Å². The molecule has 2 amide bonds. The second-order valence-corrected chi connectivity index (χ2v) is 9.27. The molecule has 0 aliphatic carbocycles. The monoisotopic (exact) mass is 488 g/mol. The van der Waals surface area contributed by atoms with Crippen LogP contribution in [0.1, 0.15) is 38.2 Å². The Labute approximate surface area is 210 Å². The molecule has 0 saturated carbocycles. The van der Waals surface area contributed by atoms with Crippen molar-refractivity contribution in [3.63, 3.8) is 0 Å². The van der Waals surface area contributed by atoms with Crippen molar-refractivity contribution >= 4 is 40.1 Å². The predicted molar refractivity (Wildman–Crippen MR) is 141 cm³/mol. The van der Waals surface area contributed by atoms with Gasteiger partial charge >= 0.3 is 0 Å². The van der Waals surface area contributed by atoms with Crippen molar-refractivity contribution in [2.45, 2.75) is 45.8 Å². The number of nitrogens with zero attached hydrogens (tertiary/aromatic N) is 3. The van der Waals surface area contributed by atoms with Gasteiger partial charge in [0.1, 0.15) is 12.4 Å². The van der Waals surface area contributed by atoms with Gasteiger partial charge in [-0.1, -0.05) is 54.1 Å². The summed E-state index contributed by atoms with van der Waals surface area (Å²) < 4.78 is 1.91. The molecule has 0 bridgehead atoms. The Balaban J connectivity index is 1.59. The Morgan fingerprint density at radius 1 is 0.943 bits per heavy atom. The van der Waals surface area contributed by atoms with Crippen molar-refractivity contribution in [2.75, 3.05) is 4.90 Å². The molecular formula is C28H29ClN4O2. The average molecular weight is 489 g/mol. The molecule has 0 fully saturated rings. The number of halogens is 1. The zero-order valence-corrected chi connectivity index (χ0v) is 20.9. The number of carbonyl (C=O) groups is 2. The molecule has 0 spiro atoms. The van der Waals surface area contributed by atoms with E-state index in [-0.39, 0.29) is 36.9 Å². The van der Waals surface area contributed by atoms with Crippen LogP contribution in [0.5, 0.6) is 0 Å². The highest BCUT2D eigenvalue weighted by molar-refractivity contribution is 6.30. The first kappa shape index (κ1) is 24.5. The molecule has 0 saturated heterocycles. The minimum Gasteiger partial charge on any atom is -0.346 e. The molecule has 4 aromatic rings. The van der Waals surface area contributed by atoms with Crippen molar-refractivity contribution in [3.05, 3.63) is 95.3 Å². The lowest BCUT2D eigenvalue weighted by Crippen LogP contribution is -2.40. The lowest BCUT2D eigenvalue weighted by atomic mass is 10.1. The van der Waals surface area contributed by atoms with E-state index < -0.39 is 0 Å². The third-order valence-corrected chi connectivity index (χ3v) is 6.09. The summed E-state index contributed by atoms with van der Waals surface area (Å²) >= 11 is 5.95. The lowest BCUT2D eigenvalue weighted by molar-refractivity contribution is -0.121. The molecule has 1 heterocycles. The first-order valence-corrected chi connectivity index (χ1v) is 12.1. The Kier molecular flexibility index (Phi) is 7.51. The number of imidazole rings is 1. The minimum absolute atomic E-state index is 0.0142. The van der Waals surface area contributed by atoms with Gasteiger partial charge < -0.3 is 14.8 Å². The van der Waals surface area contributed by atoms with Crippen LogP contribution in [0.2, 0.25) is 5.02 Å². The normalized spacial score (nSPS) is 12.0. The van der Waals surface area contributed by atoms with Crippen molar-refractivity contribution in [1.29, 1.82) is 0 Å². The molecule has 4 rings (SSSR count). The molecule has 3 aromatic carbocycles. The van der Waals surface area contributed by atoms with Gasteiger partial charge in [0.25, 0.3) is 0 Å². The van der Waals surface area contributed by atoms with E-state index >= 15 is 0 Å². The molecule has 1 atom stereocenters. The summed E-state index contributed by atoms with van der Waals surface area (Å²) in [6.45, 7) is 5.99. The molecule has 0 radical (unpaired) electrons. The number of hydrogen-bond acceptors (Lipinski definition) is 3. The highest BCUT2D eigenvalue weighted by Gasteiger charge is 2.24. The van der Waals surface area contributed by atoms with Crippen LogP contribution in [-0.4, -0.2) is 27.4 Å². The Hall–Kier alpha value is -3.64. The van der Waals surface area contributed by atoms with Crippen LogP contribution >= 0.6 is 11.6 Å². The molecular weight excluding hydrogens is 460 g/mol. The van der Waals surface area contributed by atoms with Crippen LogP contribution in [-0.2, 0) is 22.6 Å². The highest BCUT2D eigenvalue weighted by Crippen LogP contribution is 2.23. The van der Waals surface area contributed by atoms with Gasteiger partial charge in [-0.15, -0.1) is 0 Å². The van der Waals surface area contributed by atoms with E-state index in [1.165, 1.54) is 0 Å². The first-order chi connectivity index (χ1) is 16.8. The average Bonchev–Trinajstić information content (AvgIpc) is 3.19. The van der Waals surface area contributed by atoms with Crippen LogP contribution in [0.4, 0.5) is 5.69 Å². The second-order valence-electron chi connectivity index (χ2n) is 8.83. The number of fused-ring (bicyclic) bond motifs is 1. The molecule has 1 unspecified atom stereocenters. The quantitative estimate of drug-likeness (QED) is 0.353. The van der Waals surface area contributed by atoms with E-state index in [0.29, 0.717) is 10.8 Å². The summed E-state index contributed by atoms with van der Waals surface area (Å²) in [4.78, 5) is 32.9. The van der Waals surface area contributed by atoms with Crippen LogP contribution in [0.25, 0.3) is 11.0 Å². The summed E-state index contributed by atoms with van der Waals surface area (Å²) in [5.41, 5.74) is 3.36. The second kappa shape index (κ2) is 10.7. The number of nitrogens with one attached hydrogen (secondary N) is 1. The van der Waals surface area contributed by atoms with Gasteiger partial charge in [-0.3, -0.25) is 9.59 Å². The number of aromatic nitrogens is 2. The Morgan fingerprint density at radius 2 is 1.60 bits per heavy atom. The van der Waals surface area contributed by atoms with Gasteiger partial charge in [-0.2, -0.15) is 0 Å². The molecule has 6 nitrogen and oxygen atoms in total. The van der Waals surface area contributed by atoms with Crippen molar-refractivity contribution < 1.29 is 9.59 Å². The van der Waals surface area contributed by atoms with Crippen LogP contribution in [0, 0.1) is 0 Å². The summed E-state index contributed by atoms with van der Waals surface area (Å²) in [5.74, 6) is 0.467. The summed E-state index contributed by atoms with van der Waals surface area (Å²) in [6, 6.07) is 24.2. The van der Waals surface area contributed by atoms with Crippen LogP contribution < -0.4 is 10.2 Å². The number of hydrogen-bond donors (Lipinski definition) is 1. The third-order valence-electron chi connectivity index (χ3n) is 5.84. The number of para-hydroxylation sites is 3. The zero-order valence-electron chi connectivity index (χ0n) is 20.1. The van der Waals surface area contributed by atoms with Gasteiger partial charge in [0.05, 0.1) is 23.5 Å². The number of benzene rings is 3. The van der Waals surface area contributed by atoms with E-state index in [4.69, 9.17) is 16.6 Å². The predicted octanol–water partition coefficient (Wildman–Crippen LogP) is 5.55. The molecule has 0 aliphatic rings. The lowest BCUT2D eigenvalue weighted by Gasteiger charge is -2.28. The molecule has 1 aromatic heterocycles. The summed E-state index contributed by atoms with van der Waals surface area (Å²) in [6.07, 6.45) is 0.232. The minimum atomic E-state index is -0.390. The zero-order chi connectivity index (χ0) is 24.9. The van der Waals surface area contributed by atoms with Gasteiger partial charge in [0, 0.05) is 16.8 Å². The number of carbonyl (C=O) groups excluding carboxylic acids is 2. The fourth-order valence-electron chi connectivity index (χ4n) is 4.27. The molecule has 1 N–H and O–H groups in total. The number of rotatable bonds is 8. The Morgan fingerprint density at radius 3 is 2.29 bits per heavy atom. The van der Waals surface area contributed by atoms with E-state index in [9.17, 15) is 9.59 Å².